The molecule has 0 amide bonds. The Morgan fingerprint density at radius 3 is 2.48 bits per heavy atom. The third kappa shape index (κ3) is 3.88. The van der Waals surface area contributed by atoms with Crippen molar-refractivity contribution in [3.63, 3.8) is 0 Å². The Kier molecular flexibility index (Phi) is 4.94. The molecule has 0 bridgehead atoms. The van der Waals surface area contributed by atoms with Crippen molar-refractivity contribution in [2.24, 2.45) is 10.2 Å². The number of hydrogen-bond acceptors (Lipinski definition) is 5. The minimum Gasteiger partial charge on any atom is -0.444 e. The fourth-order valence-corrected chi connectivity index (χ4v) is 3.72. The molecule has 0 spiro atoms. The molecule has 0 aliphatic rings. The molecule has 0 aliphatic carbocycles. The minimum atomic E-state index is 0.629. The highest BCUT2D eigenvalue weighted by Gasteiger charge is 2.07. The van der Waals surface area contributed by atoms with E-state index in [-0.39, 0.29) is 0 Å². The van der Waals surface area contributed by atoms with E-state index < -0.39 is 0 Å². The second-order valence-electron chi connectivity index (χ2n) is 6.37. The number of aromatic nitrogens is 1. The van der Waals surface area contributed by atoms with Gasteiger partial charge in [0.05, 0.1) is 18.4 Å². The maximum atomic E-state index is 5.42. The number of azo groups is 1. The van der Waals surface area contributed by atoms with Crippen LogP contribution in [0.15, 0.2) is 81.1 Å². The molecule has 2 heterocycles. The van der Waals surface area contributed by atoms with E-state index in [1.54, 1.807) is 17.5 Å². The van der Waals surface area contributed by atoms with Crippen molar-refractivity contribution in [3.8, 4) is 22.5 Å². The minimum absolute atomic E-state index is 0.629. The molecule has 0 aliphatic heterocycles. The topological polar surface area (TPSA) is 50.8 Å². The number of aryl methyl sites for hydroxylation is 2. The fourth-order valence-electron chi connectivity index (χ4n) is 2.90. The van der Waals surface area contributed by atoms with Gasteiger partial charge in [-0.1, -0.05) is 24.3 Å². The first-order valence-corrected chi connectivity index (χ1v) is 9.59. The monoisotopic (exact) mass is 373 g/mol. The van der Waals surface area contributed by atoms with Crippen molar-refractivity contribution in [1.82, 2.24) is 4.98 Å². The van der Waals surface area contributed by atoms with Gasteiger partial charge >= 0.3 is 0 Å². The molecule has 27 heavy (non-hydrogen) atoms. The molecule has 5 heteroatoms. The van der Waals surface area contributed by atoms with Crippen LogP contribution < -0.4 is 0 Å². The van der Waals surface area contributed by atoms with E-state index in [2.05, 4.69) is 70.8 Å². The summed E-state index contributed by atoms with van der Waals surface area (Å²) in [6.07, 6.45) is 3.18. The molecule has 2 aromatic carbocycles. The lowest BCUT2D eigenvalue weighted by molar-refractivity contribution is 0.572. The van der Waals surface area contributed by atoms with Crippen LogP contribution in [-0.4, -0.2) is 4.98 Å². The molecule has 0 N–H and O–H groups in total. The molecule has 0 radical (unpaired) electrons. The average Bonchev–Trinajstić information content (AvgIpc) is 3.35. The number of thiophene rings is 1. The summed E-state index contributed by atoms with van der Waals surface area (Å²) in [5, 5.41) is 10.8. The van der Waals surface area contributed by atoms with Crippen molar-refractivity contribution in [2.75, 3.05) is 0 Å². The molecule has 0 saturated carbocycles. The molecule has 0 fully saturated rings. The highest BCUT2D eigenvalue weighted by molar-refractivity contribution is 7.10. The largest absolute Gasteiger partial charge is 0.444 e. The first-order valence-electron chi connectivity index (χ1n) is 8.71. The molecular weight excluding hydrogens is 354 g/mol. The van der Waals surface area contributed by atoms with Crippen LogP contribution in [0.2, 0.25) is 0 Å². The van der Waals surface area contributed by atoms with Gasteiger partial charge in [0.2, 0.25) is 0 Å². The maximum absolute atomic E-state index is 5.42. The van der Waals surface area contributed by atoms with Crippen molar-refractivity contribution >= 4 is 17.0 Å². The van der Waals surface area contributed by atoms with Crippen molar-refractivity contribution in [3.05, 3.63) is 82.5 Å². The quantitative estimate of drug-likeness (QED) is 0.355. The van der Waals surface area contributed by atoms with E-state index >= 15 is 0 Å². The zero-order chi connectivity index (χ0) is 18.6. The number of nitrogens with zero attached hydrogens (tertiary/aromatic N) is 3. The number of oxazole rings is 1. The Labute approximate surface area is 162 Å². The molecule has 0 saturated heterocycles. The van der Waals surface area contributed by atoms with Crippen LogP contribution in [0.5, 0.6) is 0 Å². The van der Waals surface area contributed by atoms with Gasteiger partial charge in [-0.05, 0) is 65.7 Å². The van der Waals surface area contributed by atoms with E-state index in [1.165, 1.54) is 28.0 Å². The maximum Gasteiger partial charge on any atom is 0.181 e. The van der Waals surface area contributed by atoms with Crippen LogP contribution in [0.1, 0.15) is 16.0 Å². The number of rotatable bonds is 5. The van der Waals surface area contributed by atoms with Crippen LogP contribution in [-0.2, 0) is 6.54 Å². The van der Waals surface area contributed by atoms with E-state index in [0.29, 0.717) is 6.54 Å². The smallest absolute Gasteiger partial charge is 0.181 e. The molecule has 0 atom stereocenters. The number of hydrogen-bond donors (Lipinski definition) is 0. The zero-order valence-corrected chi connectivity index (χ0v) is 16.0. The molecule has 2 aromatic heterocycles. The molecular formula is C22H19N3OS. The van der Waals surface area contributed by atoms with Crippen LogP contribution >= 0.6 is 11.3 Å². The van der Waals surface area contributed by atoms with Gasteiger partial charge in [-0.25, -0.2) is 4.98 Å². The second kappa shape index (κ2) is 7.68. The predicted molar refractivity (Wildman–Crippen MR) is 109 cm³/mol. The number of benzene rings is 2. The van der Waals surface area contributed by atoms with Crippen LogP contribution in [0.25, 0.3) is 22.5 Å². The van der Waals surface area contributed by atoms with Gasteiger partial charge in [-0.2, -0.15) is 10.2 Å². The SMILES string of the molecule is Cc1ccc(-c2cnco2)cc1-c1ccc(N=NCc2sccc2C)cc1. The molecule has 4 nitrogen and oxygen atoms in total. The van der Waals surface area contributed by atoms with Gasteiger partial charge < -0.3 is 4.42 Å². The third-order valence-corrected chi connectivity index (χ3v) is 5.51. The lowest BCUT2D eigenvalue weighted by atomic mass is 9.97. The summed E-state index contributed by atoms with van der Waals surface area (Å²) >= 11 is 1.72. The van der Waals surface area contributed by atoms with E-state index in [9.17, 15) is 0 Å². The Morgan fingerprint density at radius 1 is 0.963 bits per heavy atom. The van der Waals surface area contributed by atoms with Gasteiger partial charge in [-0.3, -0.25) is 0 Å². The Hall–Kier alpha value is -3.05. The first-order chi connectivity index (χ1) is 13.2. The van der Waals surface area contributed by atoms with Crippen LogP contribution in [0.4, 0.5) is 5.69 Å². The lowest BCUT2D eigenvalue weighted by Gasteiger charge is -2.08. The summed E-state index contributed by atoms with van der Waals surface area (Å²) in [6.45, 7) is 4.84. The van der Waals surface area contributed by atoms with Gasteiger partial charge in [0.15, 0.2) is 12.2 Å². The van der Waals surface area contributed by atoms with E-state index in [0.717, 1.165) is 22.6 Å². The van der Waals surface area contributed by atoms with Gasteiger partial charge in [0, 0.05) is 10.4 Å². The summed E-state index contributed by atoms with van der Waals surface area (Å²) in [5.74, 6) is 0.769. The van der Waals surface area contributed by atoms with Crippen LogP contribution in [0.3, 0.4) is 0 Å². The summed E-state index contributed by atoms with van der Waals surface area (Å²) in [7, 11) is 0. The molecule has 4 aromatic rings. The Bertz CT molecular complexity index is 1060. The van der Waals surface area contributed by atoms with Crippen molar-refractivity contribution in [1.29, 1.82) is 0 Å². The van der Waals surface area contributed by atoms with Crippen molar-refractivity contribution in [2.45, 2.75) is 20.4 Å². The first kappa shape index (κ1) is 17.4. The van der Waals surface area contributed by atoms with Crippen molar-refractivity contribution < 1.29 is 4.42 Å². The zero-order valence-electron chi connectivity index (χ0n) is 15.2. The van der Waals surface area contributed by atoms with E-state index in [1.807, 2.05) is 12.1 Å². The summed E-state index contributed by atoms with van der Waals surface area (Å²) in [5.41, 5.74) is 6.67. The molecule has 0 unspecified atom stereocenters. The fraction of sp³-hybridized carbons (Fsp3) is 0.136. The van der Waals surface area contributed by atoms with Gasteiger partial charge in [-0.15, -0.1) is 11.3 Å². The lowest BCUT2D eigenvalue weighted by Crippen LogP contribution is -1.85. The standard InChI is InChI=1S/C22H19N3OS/c1-15-3-4-18(21-12-23-14-26-21)11-20(15)17-5-7-19(8-6-17)25-24-13-22-16(2)9-10-27-22/h3-12,14H,13H2,1-2H3. The second-order valence-corrected chi connectivity index (χ2v) is 7.37. The average molecular weight is 373 g/mol. The predicted octanol–water partition coefficient (Wildman–Crippen LogP) is 6.97. The summed E-state index contributed by atoms with van der Waals surface area (Å²) in [4.78, 5) is 5.26. The highest BCUT2D eigenvalue weighted by Crippen LogP contribution is 2.30. The summed E-state index contributed by atoms with van der Waals surface area (Å²) < 4.78 is 5.42. The Balaban J connectivity index is 1.54. The van der Waals surface area contributed by atoms with E-state index in [4.69, 9.17) is 4.42 Å². The highest BCUT2D eigenvalue weighted by atomic mass is 32.1. The van der Waals surface area contributed by atoms with Gasteiger partial charge in [0.1, 0.15) is 0 Å². The Morgan fingerprint density at radius 2 is 1.78 bits per heavy atom. The third-order valence-electron chi connectivity index (χ3n) is 4.50. The van der Waals surface area contributed by atoms with Gasteiger partial charge in [0.25, 0.3) is 0 Å². The normalized spacial score (nSPS) is 11.3. The summed E-state index contributed by atoms with van der Waals surface area (Å²) in [6, 6.07) is 16.6. The van der Waals surface area contributed by atoms with Crippen LogP contribution in [0, 0.1) is 13.8 Å². The molecule has 4 rings (SSSR count). The molecule has 134 valence electrons.